The molecule has 0 fully saturated rings. The number of alkyl halides is 1. The summed E-state index contributed by atoms with van der Waals surface area (Å²) in [6.45, 7) is 3.23. The zero-order chi connectivity index (χ0) is 15.5. The lowest BCUT2D eigenvalue weighted by atomic mass is 10.1. The molecule has 1 rings (SSSR count). The predicted molar refractivity (Wildman–Crippen MR) is 76.2 cm³/mol. The van der Waals surface area contributed by atoms with Gasteiger partial charge in [-0.25, -0.2) is 17.2 Å². The maximum Gasteiger partial charge on any atom is 0.214 e. The predicted octanol–water partition coefficient (Wildman–Crippen LogP) is 3.16. The summed E-state index contributed by atoms with van der Waals surface area (Å²) in [5, 5.41) is 0. The SMILES string of the molecule is CC(CCl)CS(=O)(=O)N(C)C(C)c1cc(F)ccc1F. The third-order valence-electron chi connectivity index (χ3n) is 3.15. The van der Waals surface area contributed by atoms with Crippen LogP contribution in [0.2, 0.25) is 0 Å². The van der Waals surface area contributed by atoms with Crippen molar-refractivity contribution in [2.24, 2.45) is 5.92 Å². The molecule has 0 aromatic heterocycles. The number of benzene rings is 1. The summed E-state index contributed by atoms with van der Waals surface area (Å²) in [5.74, 6) is -1.36. The van der Waals surface area contributed by atoms with E-state index in [-0.39, 0.29) is 23.1 Å². The summed E-state index contributed by atoms with van der Waals surface area (Å²) in [7, 11) is -2.24. The van der Waals surface area contributed by atoms with Crippen molar-refractivity contribution in [1.29, 1.82) is 0 Å². The summed E-state index contributed by atoms with van der Waals surface area (Å²) in [6.07, 6.45) is 0. The van der Waals surface area contributed by atoms with E-state index in [0.717, 1.165) is 22.5 Å². The Labute approximate surface area is 123 Å². The highest BCUT2D eigenvalue weighted by Crippen LogP contribution is 2.25. The van der Waals surface area contributed by atoms with Gasteiger partial charge in [-0.1, -0.05) is 6.92 Å². The van der Waals surface area contributed by atoms with E-state index in [4.69, 9.17) is 11.6 Å². The maximum atomic E-state index is 13.7. The average Bonchev–Trinajstić information content (AvgIpc) is 2.39. The van der Waals surface area contributed by atoms with Crippen LogP contribution in [0, 0.1) is 17.6 Å². The molecule has 1 aromatic carbocycles. The molecule has 0 bridgehead atoms. The molecule has 0 aliphatic carbocycles. The molecule has 1 aromatic rings. The second-order valence-corrected chi connectivity index (χ2v) is 7.28. The van der Waals surface area contributed by atoms with Gasteiger partial charge < -0.3 is 0 Å². The normalized spacial score (nSPS) is 15.3. The van der Waals surface area contributed by atoms with Gasteiger partial charge in [0.1, 0.15) is 11.6 Å². The van der Waals surface area contributed by atoms with Crippen molar-refractivity contribution < 1.29 is 17.2 Å². The molecule has 20 heavy (non-hydrogen) atoms. The fourth-order valence-electron chi connectivity index (χ4n) is 1.79. The summed E-state index contributed by atoms with van der Waals surface area (Å²) >= 11 is 5.61. The third-order valence-corrected chi connectivity index (χ3v) is 5.86. The van der Waals surface area contributed by atoms with E-state index < -0.39 is 27.7 Å². The summed E-state index contributed by atoms with van der Waals surface area (Å²) in [6, 6.07) is 2.20. The van der Waals surface area contributed by atoms with Crippen molar-refractivity contribution >= 4 is 21.6 Å². The van der Waals surface area contributed by atoms with E-state index in [0.29, 0.717) is 0 Å². The zero-order valence-corrected chi connectivity index (χ0v) is 13.2. The highest BCUT2D eigenvalue weighted by atomic mass is 35.5. The molecule has 0 N–H and O–H groups in total. The van der Waals surface area contributed by atoms with E-state index in [1.165, 1.54) is 14.0 Å². The van der Waals surface area contributed by atoms with Crippen LogP contribution in [0.5, 0.6) is 0 Å². The van der Waals surface area contributed by atoms with Gasteiger partial charge in [-0.15, -0.1) is 11.6 Å². The van der Waals surface area contributed by atoms with Crippen LogP contribution in [0.4, 0.5) is 8.78 Å². The average molecular weight is 326 g/mol. The Morgan fingerprint density at radius 1 is 1.30 bits per heavy atom. The molecule has 114 valence electrons. The highest BCUT2D eigenvalue weighted by Gasteiger charge is 2.27. The van der Waals surface area contributed by atoms with E-state index >= 15 is 0 Å². The highest BCUT2D eigenvalue weighted by molar-refractivity contribution is 7.89. The molecule has 0 amide bonds. The van der Waals surface area contributed by atoms with Crippen LogP contribution < -0.4 is 0 Å². The lowest BCUT2D eigenvalue weighted by molar-refractivity contribution is 0.383. The molecule has 0 spiro atoms. The van der Waals surface area contributed by atoms with Crippen molar-refractivity contribution in [2.45, 2.75) is 19.9 Å². The third kappa shape index (κ3) is 4.14. The number of hydrogen-bond acceptors (Lipinski definition) is 2. The second-order valence-electron chi connectivity index (χ2n) is 4.90. The minimum absolute atomic E-state index is 0.00889. The van der Waals surface area contributed by atoms with Gasteiger partial charge in [0.25, 0.3) is 0 Å². The first kappa shape index (κ1) is 17.3. The minimum Gasteiger partial charge on any atom is -0.212 e. The zero-order valence-electron chi connectivity index (χ0n) is 11.6. The lowest BCUT2D eigenvalue weighted by Gasteiger charge is -2.26. The van der Waals surface area contributed by atoms with Crippen LogP contribution in [0.1, 0.15) is 25.5 Å². The van der Waals surface area contributed by atoms with Crippen molar-refractivity contribution in [3.05, 3.63) is 35.4 Å². The Balaban J connectivity index is 3.01. The largest absolute Gasteiger partial charge is 0.214 e. The topological polar surface area (TPSA) is 37.4 Å². The molecule has 0 saturated heterocycles. The molecule has 3 nitrogen and oxygen atoms in total. The van der Waals surface area contributed by atoms with Crippen LogP contribution in [0.25, 0.3) is 0 Å². The van der Waals surface area contributed by atoms with Crippen LogP contribution >= 0.6 is 11.6 Å². The lowest BCUT2D eigenvalue weighted by Crippen LogP contribution is -2.34. The second kappa shape index (κ2) is 6.83. The molecular weight excluding hydrogens is 308 g/mol. The van der Waals surface area contributed by atoms with Gasteiger partial charge >= 0.3 is 0 Å². The molecule has 0 heterocycles. The molecule has 0 saturated carbocycles. The van der Waals surface area contributed by atoms with E-state index in [2.05, 4.69) is 0 Å². The van der Waals surface area contributed by atoms with Gasteiger partial charge in [-0.3, -0.25) is 0 Å². The van der Waals surface area contributed by atoms with Crippen LogP contribution in [-0.2, 0) is 10.0 Å². The Morgan fingerprint density at radius 3 is 2.45 bits per heavy atom. The number of rotatable bonds is 6. The Morgan fingerprint density at radius 2 is 1.90 bits per heavy atom. The first-order valence-electron chi connectivity index (χ1n) is 6.15. The molecule has 0 radical (unpaired) electrons. The molecule has 2 unspecified atom stereocenters. The standard InChI is InChI=1S/C13H18ClF2NO2S/c1-9(7-14)8-20(18,19)17(3)10(2)12-6-11(15)4-5-13(12)16/h4-6,9-10H,7-8H2,1-3H3. The summed E-state index contributed by atoms with van der Waals surface area (Å²) in [5.41, 5.74) is 0.00889. The molecule has 0 aliphatic heterocycles. The minimum atomic E-state index is -3.59. The van der Waals surface area contributed by atoms with E-state index in [1.807, 2.05) is 0 Å². The maximum absolute atomic E-state index is 13.7. The van der Waals surface area contributed by atoms with Gasteiger partial charge in [-0.05, 0) is 31.0 Å². The molecule has 2 atom stereocenters. The number of hydrogen-bond donors (Lipinski definition) is 0. The number of sulfonamides is 1. The van der Waals surface area contributed by atoms with Gasteiger partial charge in [0, 0.05) is 24.5 Å². The van der Waals surface area contributed by atoms with Gasteiger partial charge in [-0.2, -0.15) is 4.31 Å². The monoisotopic (exact) mass is 325 g/mol. The van der Waals surface area contributed by atoms with Gasteiger partial charge in [0.2, 0.25) is 10.0 Å². The fourth-order valence-corrected chi connectivity index (χ4v) is 3.70. The molecular formula is C13H18ClF2NO2S. The number of nitrogens with zero attached hydrogens (tertiary/aromatic N) is 1. The number of halogens is 3. The first-order chi connectivity index (χ1) is 9.19. The Bertz CT molecular complexity index is 565. The van der Waals surface area contributed by atoms with Crippen molar-refractivity contribution in [2.75, 3.05) is 18.7 Å². The van der Waals surface area contributed by atoms with Crippen molar-refractivity contribution in [3.8, 4) is 0 Å². The Hall–Kier alpha value is -0.720. The summed E-state index contributed by atoms with van der Waals surface area (Å²) < 4.78 is 52.2. The van der Waals surface area contributed by atoms with Gasteiger partial charge in [0.05, 0.1) is 5.75 Å². The van der Waals surface area contributed by atoms with Gasteiger partial charge in [0.15, 0.2) is 0 Å². The fraction of sp³-hybridized carbons (Fsp3) is 0.538. The molecule has 7 heteroatoms. The van der Waals surface area contributed by atoms with E-state index in [9.17, 15) is 17.2 Å². The quantitative estimate of drug-likeness (QED) is 0.753. The van der Waals surface area contributed by atoms with Crippen LogP contribution in [0.3, 0.4) is 0 Å². The molecule has 0 aliphatic rings. The first-order valence-corrected chi connectivity index (χ1v) is 8.30. The van der Waals surface area contributed by atoms with Crippen molar-refractivity contribution in [3.63, 3.8) is 0 Å². The van der Waals surface area contributed by atoms with Crippen LogP contribution in [0.15, 0.2) is 18.2 Å². The van der Waals surface area contributed by atoms with Crippen molar-refractivity contribution in [1.82, 2.24) is 4.31 Å². The Kier molecular flexibility index (Phi) is 5.91. The smallest absolute Gasteiger partial charge is 0.212 e. The summed E-state index contributed by atoms with van der Waals surface area (Å²) in [4.78, 5) is 0. The van der Waals surface area contributed by atoms with E-state index in [1.54, 1.807) is 6.92 Å². The van der Waals surface area contributed by atoms with Crippen LogP contribution in [-0.4, -0.2) is 31.4 Å².